The fourth-order valence-corrected chi connectivity index (χ4v) is 9.32. The Labute approximate surface area is 326 Å². The third-order valence-electron chi connectivity index (χ3n) is 12.1. The number of hydrogen-bond acceptors (Lipinski definition) is 9. The summed E-state index contributed by atoms with van der Waals surface area (Å²) in [6.45, 7) is 4.79. The van der Waals surface area contributed by atoms with Gasteiger partial charge in [0.25, 0.3) is 11.8 Å². The summed E-state index contributed by atoms with van der Waals surface area (Å²) in [7, 11) is 0. The minimum atomic E-state index is -0.966. The molecule has 11 nitrogen and oxygen atoms in total. The first-order valence-corrected chi connectivity index (χ1v) is 20.1. The SMILES string of the molecule is N#Cc1ccc(O[C@@H]2CCC[C@@H](Oc3ccc(C4CCN(CC5CCN(c6cccc7c6C(=O)N(C6CCC(=O)NC6=O)C7=O)CC5)CC4)cc3)C2)cc1Cl. The van der Waals surface area contributed by atoms with Gasteiger partial charge in [-0.15, -0.1) is 0 Å². The molecular weight excluding hydrogens is 718 g/mol. The zero-order valence-corrected chi connectivity index (χ0v) is 31.6. The number of carbonyl (C=O) groups is 4. The molecule has 12 heteroatoms. The molecule has 0 radical (unpaired) electrons. The normalized spacial score (nSPS) is 24.0. The van der Waals surface area contributed by atoms with Crippen molar-refractivity contribution in [3.63, 3.8) is 0 Å². The van der Waals surface area contributed by atoms with Crippen LogP contribution in [0.5, 0.6) is 11.5 Å². The zero-order valence-electron chi connectivity index (χ0n) is 30.9. The molecule has 0 aromatic heterocycles. The number of likely N-dealkylation sites (tertiary alicyclic amines) is 1. The summed E-state index contributed by atoms with van der Waals surface area (Å²) in [6, 6.07) is 20.4. The van der Waals surface area contributed by atoms with E-state index >= 15 is 0 Å². The Bertz CT molecular complexity index is 2000. The fourth-order valence-electron chi connectivity index (χ4n) is 9.11. The first kappa shape index (κ1) is 37.0. The Morgan fingerprint density at radius 3 is 2.20 bits per heavy atom. The highest BCUT2D eigenvalue weighted by molar-refractivity contribution is 6.31. The van der Waals surface area contributed by atoms with Gasteiger partial charge in [-0.05, 0) is 118 Å². The molecule has 0 bridgehead atoms. The van der Waals surface area contributed by atoms with Crippen molar-refractivity contribution in [2.24, 2.45) is 5.92 Å². The molecule has 5 aliphatic rings. The average molecular weight is 764 g/mol. The number of anilines is 1. The molecule has 1 saturated carbocycles. The van der Waals surface area contributed by atoms with Gasteiger partial charge in [-0.1, -0.05) is 29.8 Å². The number of fused-ring (bicyclic) bond motifs is 1. The molecule has 1 N–H and O–H groups in total. The highest BCUT2D eigenvalue weighted by atomic mass is 35.5. The minimum absolute atomic E-state index is 0.0434. The van der Waals surface area contributed by atoms with Crippen LogP contribution in [-0.4, -0.2) is 84.4 Å². The van der Waals surface area contributed by atoms with Crippen LogP contribution in [0.4, 0.5) is 5.69 Å². The monoisotopic (exact) mass is 763 g/mol. The molecule has 3 aromatic rings. The van der Waals surface area contributed by atoms with E-state index in [1.165, 1.54) is 5.56 Å². The molecule has 1 aliphatic carbocycles. The van der Waals surface area contributed by atoms with Crippen molar-refractivity contribution >= 4 is 40.9 Å². The highest BCUT2D eigenvalue weighted by Crippen LogP contribution is 2.37. The number of nitriles is 1. The van der Waals surface area contributed by atoms with Crippen molar-refractivity contribution in [1.82, 2.24) is 15.1 Å². The second-order valence-corrected chi connectivity index (χ2v) is 16.0. The Morgan fingerprint density at radius 2 is 1.51 bits per heavy atom. The zero-order chi connectivity index (χ0) is 38.1. The molecule has 286 valence electrons. The molecule has 8 rings (SSSR count). The Balaban J connectivity index is 0.787. The summed E-state index contributed by atoms with van der Waals surface area (Å²) < 4.78 is 12.6. The van der Waals surface area contributed by atoms with E-state index in [0.29, 0.717) is 39.3 Å². The largest absolute Gasteiger partial charge is 0.490 e. The van der Waals surface area contributed by atoms with Gasteiger partial charge in [0, 0.05) is 38.5 Å². The van der Waals surface area contributed by atoms with Crippen LogP contribution in [0.25, 0.3) is 0 Å². The van der Waals surface area contributed by atoms with Crippen molar-refractivity contribution in [3.8, 4) is 17.6 Å². The molecule has 4 heterocycles. The van der Waals surface area contributed by atoms with Crippen LogP contribution in [0.2, 0.25) is 5.02 Å². The van der Waals surface area contributed by atoms with Gasteiger partial charge in [-0.3, -0.25) is 29.4 Å². The van der Waals surface area contributed by atoms with Gasteiger partial charge in [0.2, 0.25) is 11.8 Å². The molecule has 3 aromatic carbocycles. The van der Waals surface area contributed by atoms with E-state index < -0.39 is 23.8 Å². The topological polar surface area (TPSA) is 132 Å². The number of ether oxygens (including phenoxy) is 2. The summed E-state index contributed by atoms with van der Waals surface area (Å²) in [5.74, 6) is 0.771. The van der Waals surface area contributed by atoms with Crippen LogP contribution in [-0.2, 0) is 9.59 Å². The van der Waals surface area contributed by atoms with E-state index in [4.69, 9.17) is 26.3 Å². The van der Waals surface area contributed by atoms with Crippen molar-refractivity contribution in [2.75, 3.05) is 37.6 Å². The quantitative estimate of drug-likeness (QED) is 0.244. The van der Waals surface area contributed by atoms with Crippen molar-refractivity contribution in [1.29, 1.82) is 5.26 Å². The maximum absolute atomic E-state index is 13.6. The lowest BCUT2D eigenvalue weighted by atomic mass is 9.88. The molecule has 0 spiro atoms. The van der Waals surface area contributed by atoms with Crippen LogP contribution in [0.15, 0.2) is 60.7 Å². The molecular formula is C43H46ClN5O6. The van der Waals surface area contributed by atoms with Crippen LogP contribution < -0.4 is 19.7 Å². The average Bonchev–Trinajstić information content (AvgIpc) is 3.45. The molecule has 4 aliphatic heterocycles. The number of hydrogen-bond donors (Lipinski definition) is 1. The molecule has 3 atom stereocenters. The third kappa shape index (κ3) is 7.94. The number of rotatable bonds is 9. The molecule has 4 fully saturated rings. The van der Waals surface area contributed by atoms with E-state index in [-0.39, 0.29) is 31.0 Å². The van der Waals surface area contributed by atoms with Crippen molar-refractivity contribution < 1.29 is 28.7 Å². The maximum Gasteiger partial charge on any atom is 0.264 e. The predicted molar refractivity (Wildman–Crippen MR) is 206 cm³/mol. The number of nitrogens with zero attached hydrogens (tertiary/aromatic N) is 4. The van der Waals surface area contributed by atoms with E-state index in [1.807, 2.05) is 12.1 Å². The first-order valence-electron chi connectivity index (χ1n) is 19.7. The number of nitrogens with one attached hydrogen (secondary N) is 1. The lowest BCUT2D eigenvalue weighted by molar-refractivity contribution is -0.136. The minimum Gasteiger partial charge on any atom is -0.490 e. The van der Waals surface area contributed by atoms with Crippen LogP contribution in [0, 0.1) is 17.2 Å². The van der Waals surface area contributed by atoms with Gasteiger partial charge >= 0.3 is 0 Å². The van der Waals surface area contributed by atoms with Crippen LogP contribution >= 0.6 is 11.6 Å². The summed E-state index contributed by atoms with van der Waals surface area (Å²) in [4.78, 5) is 57.0. The predicted octanol–water partition coefficient (Wildman–Crippen LogP) is 6.48. The Kier molecular flexibility index (Phi) is 10.8. The number of carbonyl (C=O) groups excluding carboxylic acids is 4. The second kappa shape index (κ2) is 16.0. The van der Waals surface area contributed by atoms with E-state index in [9.17, 15) is 19.2 Å². The van der Waals surface area contributed by atoms with Gasteiger partial charge in [-0.25, -0.2) is 0 Å². The van der Waals surface area contributed by atoms with Crippen LogP contribution in [0.1, 0.15) is 102 Å². The molecule has 4 amide bonds. The molecule has 55 heavy (non-hydrogen) atoms. The fraction of sp³-hybridized carbons (Fsp3) is 0.465. The lowest BCUT2D eigenvalue weighted by Gasteiger charge is -2.39. The standard InChI is InChI=1S/C43H46ClN5O6/c44-36-24-34(12-9-30(36)25-45)55-33-4-1-3-32(23-33)54-31-10-7-28(8-11-31)29-17-19-47(20-18-29)26-27-15-21-48(22-16-27)37-6-2-5-35-40(37)43(53)49(42(35)52)38-13-14-39(50)46-41(38)51/h2,5-12,24,27,29,32-33,38H,1,3-4,13-23,26H2,(H,46,50,51)/t32-,33-,38?/m1/s1. The van der Waals surface area contributed by atoms with E-state index in [1.54, 1.807) is 24.3 Å². The van der Waals surface area contributed by atoms with E-state index in [0.717, 1.165) is 100 Å². The maximum atomic E-state index is 13.6. The number of piperidine rings is 3. The van der Waals surface area contributed by atoms with E-state index in [2.05, 4.69) is 45.5 Å². The number of benzene rings is 3. The Hall–Kier alpha value is -4.92. The summed E-state index contributed by atoms with van der Waals surface area (Å²) >= 11 is 6.20. The first-order chi connectivity index (χ1) is 26.7. The second-order valence-electron chi connectivity index (χ2n) is 15.6. The number of halogens is 1. The van der Waals surface area contributed by atoms with Gasteiger partial charge in [-0.2, -0.15) is 5.26 Å². The van der Waals surface area contributed by atoms with Gasteiger partial charge < -0.3 is 19.3 Å². The molecule has 1 unspecified atom stereocenters. The third-order valence-corrected chi connectivity index (χ3v) is 12.4. The highest BCUT2D eigenvalue weighted by Gasteiger charge is 2.46. The van der Waals surface area contributed by atoms with Gasteiger partial charge in [0.05, 0.1) is 27.4 Å². The summed E-state index contributed by atoms with van der Waals surface area (Å²) in [6.07, 6.45) is 8.41. The van der Waals surface area contributed by atoms with Crippen molar-refractivity contribution in [3.05, 3.63) is 87.9 Å². The van der Waals surface area contributed by atoms with Crippen molar-refractivity contribution in [2.45, 2.75) is 88.4 Å². The summed E-state index contributed by atoms with van der Waals surface area (Å²) in [5.41, 5.74) is 3.26. The summed E-state index contributed by atoms with van der Waals surface area (Å²) in [5, 5.41) is 11.8. The number of imide groups is 2. The number of amides is 4. The molecule has 3 saturated heterocycles. The Morgan fingerprint density at radius 1 is 0.800 bits per heavy atom. The van der Waals surface area contributed by atoms with Gasteiger partial charge in [0.15, 0.2) is 0 Å². The smallest absolute Gasteiger partial charge is 0.264 e. The lowest BCUT2D eigenvalue weighted by Crippen LogP contribution is -2.54. The van der Waals surface area contributed by atoms with Crippen LogP contribution in [0.3, 0.4) is 0 Å². The van der Waals surface area contributed by atoms with Gasteiger partial charge in [0.1, 0.15) is 35.8 Å².